The lowest BCUT2D eigenvalue weighted by molar-refractivity contribution is 0.102. The first-order chi connectivity index (χ1) is 12.3. The summed E-state index contributed by atoms with van der Waals surface area (Å²) < 4.78 is 17.7. The molecule has 8 heteroatoms. The van der Waals surface area contributed by atoms with Crippen LogP contribution < -0.4 is 5.32 Å². The maximum atomic E-state index is 14.4. The summed E-state index contributed by atoms with van der Waals surface area (Å²) in [6.07, 6.45) is 6.50. The number of aromatic nitrogens is 5. The highest BCUT2D eigenvalue weighted by atomic mass is 19.1. The van der Waals surface area contributed by atoms with Crippen molar-refractivity contribution in [3.63, 3.8) is 0 Å². The van der Waals surface area contributed by atoms with E-state index in [9.17, 15) is 9.18 Å². The Hall–Kier alpha value is -3.29. The van der Waals surface area contributed by atoms with E-state index in [0.717, 1.165) is 5.39 Å². The van der Waals surface area contributed by atoms with Crippen LogP contribution in [-0.4, -0.2) is 30.3 Å². The molecule has 4 aromatic rings. The van der Waals surface area contributed by atoms with Crippen molar-refractivity contribution < 1.29 is 9.18 Å². The third-order valence-electron chi connectivity index (χ3n) is 4.05. The number of nitrogens with one attached hydrogen (secondary N) is 1. The molecule has 0 unspecified atom stereocenters. The van der Waals surface area contributed by atoms with Crippen LogP contribution in [0.15, 0.2) is 43.0 Å². The molecule has 0 spiro atoms. The van der Waals surface area contributed by atoms with Gasteiger partial charge >= 0.3 is 0 Å². The van der Waals surface area contributed by atoms with E-state index >= 15 is 0 Å². The predicted molar refractivity (Wildman–Crippen MR) is 95.6 cm³/mol. The molecular weight excluding hydrogens is 335 g/mol. The maximum Gasteiger partial charge on any atom is 0.261 e. The average molecular weight is 352 g/mol. The summed E-state index contributed by atoms with van der Waals surface area (Å²) >= 11 is 0. The van der Waals surface area contributed by atoms with Gasteiger partial charge in [-0.25, -0.2) is 13.9 Å². The van der Waals surface area contributed by atoms with E-state index in [1.807, 2.05) is 27.0 Å². The van der Waals surface area contributed by atoms with Gasteiger partial charge in [0.2, 0.25) is 0 Å². The molecule has 132 valence electrons. The second-order valence-electron chi connectivity index (χ2n) is 7.04. The van der Waals surface area contributed by atoms with Crippen LogP contribution >= 0.6 is 0 Å². The second-order valence-corrected chi connectivity index (χ2v) is 7.04. The lowest BCUT2D eigenvalue weighted by atomic mass is 10.1. The van der Waals surface area contributed by atoms with Gasteiger partial charge in [-0.3, -0.25) is 9.48 Å². The number of anilines is 1. The van der Waals surface area contributed by atoms with Gasteiger partial charge in [0.15, 0.2) is 5.65 Å². The molecule has 7 nitrogen and oxygen atoms in total. The molecule has 0 radical (unpaired) electrons. The molecule has 0 aliphatic rings. The van der Waals surface area contributed by atoms with Gasteiger partial charge in [0.1, 0.15) is 11.4 Å². The molecule has 1 N–H and O–H groups in total. The molecule has 0 aliphatic carbocycles. The van der Waals surface area contributed by atoms with Crippen molar-refractivity contribution in [1.82, 2.24) is 24.4 Å². The SMILES string of the molecule is CC(C)(C)n1cc2cc(NC(=O)c3cnn4cccnc34)c(F)cc2n1. The highest BCUT2D eigenvalue weighted by Crippen LogP contribution is 2.25. The topological polar surface area (TPSA) is 77.1 Å². The number of carbonyl (C=O) groups is 1. The Bertz CT molecular complexity index is 1140. The van der Waals surface area contributed by atoms with E-state index in [1.165, 1.54) is 16.8 Å². The van der Waals surface area contributed by atoms with Gasteiger partial charge in [0.05, 0.1) is 22.9 Å². The number of fused-ring (bicyclic) bond motifs is 2. The standard InChI is InChI=1S/C18H17FN6O/c1-18(2,3)25-10-11-7-15(13(19)8-14(11)23-25)22-17(26)12-9-21-24-6-4-5-20-16(12)24/h4-10H,1-3H3,(H,22,26). The molecule has 0 fully saturated rings. The van der Waals surface area contributed by atoms with Crippen LogP contribution in [0, 0.1) is 5.82 Å². The molecule has 3 heterocycles. The molecule has 26 heavy (non-hydrogen) atoms. The predicted octanol–water partition coefficient (Wildman–Crippen LogP) is 3.23. The van der Waals surface area contributed by atoms with Gasteiger partial charge in [-0.05, 0) is 32.9 Å². The van der Waals surface area contributed by atoms with Gasteiger partial charge in [-0.2, -0.15) is 10.2 Å². The van der Waals surface area contributed by atoms with Gasteiger partial charge in [0, 0.05) is 30.0 Å². The number of amides is 1. The van der Waals surface area contributed by atoms with Gasteiger partial charge in [0.25, 0.3) is 5.91 Å². The highest BCUT2D eigenvalue weighted by molar-refractivity contribution is 6.08. The summed E-state index contributed by atoms with van der Waals surface area (Å²) in [5, 5.41) is 11.8. The van der Waals surface area contributed by atoms with E-state index < -0.39 is 11.7 Å². The summed E-state index contributed by atoms with van der Waals surface area (Å²) in [6, 6.07) is 4.61. The quantitative estimate of drug-likeness (QED) is 0.601. The number of hydrogen-bond donors (Lipinski definition) is 1. The van der Waals surface area contributed by atoms with Crippen LogP contribution in [0.2, 0.25) is 0 Å². The van der Waals surface area contributed by atoms with E-state index in [1.54, 1.807) is 29.2 Å². The number of rotatable bonds is 2. The zero-order chi connectivity index (χ0) is 18.5. The molecular formula is C18H17FN6O. The fraction of sp³-hybridized carbons (Fsp3) is 0.222. The fourth-order valence-electron chi connectivity index (χ4n) is 2.66. The summed E-state index contributed by atoms with van der Waals surface area (Å²) in [5.74, 6) is -1.02. The smallest absolute Gasteiger partial charge is 0.261 e. The van der Waals surface area contributed by atoms with Gasteiger partial charge in [-0.1, -0.05) is 0 Å². The van der Waals surface area contributed by atoms with Crippen LogP contribution in [0.4, 0.5) is 10.1 Å². The minimum atomic E-state index is -0.547. The summed E-state index contributed by atoms with van der Waals surface area (Å²) in [5.41, 5.74) is 1.09. The summed E-state index contributed by atoms with van der Waals surface area (Å²) in [6.45, 7) is 6.03. The Morgan fingerprint density at radius 2 is 2.08 bits per heavy atom. The van der Waals surface area contributed by atoms with Crippen molar-refractivity contribution in [2.75, 3.05) is 5.32 Å². The van der Waals surface area contributed by atoms with Crippen LogP contribution in [0.5, 0.6) is 0 Å². The minimum absolute atomic E-state index is 0.0891. The Kier molecular flexibility index (Phi) is 3.50. The first-order valence-corrected chi connectivity index (χ1v) is 8.12. The fourth-order valence-corrected chi connectivity index (χ4v) is 2.66. The number of carbonyl (C=O) groups excluding carboxylic acids is 1. The molecule has 3 aromatic heterocycles. The Balaban J connectivity index is 1.70. The Labute approximate surface area is 148 Å². The zero-order valence-corrected chi connectivity index (χ0v) is 14.6. The zero-order valence-electron chi connectivity index (χ0n) is 14.6. The first kappa shape index (κ1) is 16.2. The van der Waals surface area contributed by atoms with Crippen LogP contribution in [-0.2, 0) is 5.54 Å². The molecule has 4 rings (SSSR count). The van der Waals surface area contributed by atoms with Crippen molar-refractivity contribution in [2.45, 2.75) is 26.3 Å². The number of hydrogen-bond acceptors (Lipinski definition) is 4. The molecule has 0 aliphatic heterocycles. The minimum Gasteiger partial charge on any atom is -0.319 e. The molecule has 0 atom stereocenters. The molecule has 0 bridgehead atoms. The normalized spacial score (nSPS) is 12.0. The molecule has 0 saturated carbocycles. The Morgan fingerprint density at radius 3 is 2.85 bits per heavy atom. The monoisotopic (exact) mass is 352 g/mol. The van der Waals surface area contributed by atoms with Crippen LogP contribution in [0.1, 0.15) is 31.1 Å². The lowest BCUT2D eigenvalue weighted by Crippen LogP contribution is -2.21. The number of nitrogens with zero attached hydrogens (tertiary/aromatic N) is 5. The van der Waals surface area contributed by atoms with Crippen molar-refractivity contribution in [1.29, 1.82) is 0 Å². The first-order valence-electron chi connectivity index (χ1n) is 8.12. The maximum absolute atomic E-state index is 14.4. The van der Waals surface area contributed by atoms with Gasteiger partial charge < -0.3 is 5.32 Å². The number of benzene rings is 1. The van der Waals surface area contributed by atoms with E-state index in [2.05, 4.69) is 20.5 Å². The van der Waals surface area contributed by atoms with E-state index in [-0.39, 0.29) is 16.8 Å². The molecule has 0 saturated heterocycles. The van der Waals surface area contributed by atoms with Crippen LogP contribution in [0.3, 0.4) is 0 Å². The van der Waals surface area contributed by atoms with Crippen LogP contribution in [0.25, 0.3) is 16.6 Å². The largest absolute Gasteiger partial charge is 0.319 e. The second kappa shape index (κ2) is 5.62. The van der Waals surface area contributed by atoms with E-state index in [4.69, 9.17) is 0 Å². The van der Waals surface area contributed by atoms with Gasteiger partial charge in [-0.15, -0.1) is 0 Å². The van der Waals surface area contributed by atoms with Crippen molar-refractivity contribution in [3.8, 4) is 0 Å². The average Bonchev–Trinajstić information content (AvgIpc) is 3.18. The third kappa shape index (κ3) is 2.69. The number of halogens is 1. The molecule has 1 aromatic carbocycles. The third-order valence-corrected chi connectivity index (χ3v) is 4.05. The van der Waals surface area contributed by atoms with E-state index in [0.29, 0.717) is 11.2 Å². The highest BCUT2D eigenvalue weighted by Gasteiger charge is 2.19. The Morgan fingerprint density at radius 1 is 1.27 bits per heavy atom. The summed E-state index contributed by atoms with van der Waals surface area (Å²) in [7, 11) is 0. The van der Waals surface area contributed by atoms with Crippen molar-refractivity contribution in [3.05, 3.63) is 54.4 Å². The van der Waals surface area contributed by atoms with Crippen molar-refractivity contribution >= 4 is 28.1 Å². The molecule has 1 amide bonds. The lowest BCUT2D eigenvalue weighted by Gasteiger charge is -2.18. The summed E-state index contributed by atoms with van der Waals surface area (Å²) in [4.78, 5) is 16.7. The van der Waals surface area contributed by atoms with Crippen molar-refractivity contribution in [2.24, 2.45) is 0 Å².